The Bertz CT molecular complexity index is 537. The SMILES string of the molecule is O=C(Nc1ccc(O)cc1)c1cccc(Cl)c1. The molecule has 0 radical (unpaired) electrons. The average molecular weight is 248 g/mol. The van der Waals surface area contributed by atoms with Crippen LogP contribution in [0.2, 0.25) is 5.02 Å². The molecule has 2 aromatic carbocycles. The van der Waals surface area contributed by atoms with Crippen LogP contribution in [0.25, 0.3) is 0 Å². The second-order valence-electron chi connectivity index (χ2n) is 3.51. The van der Waals surface area contributed by atoms with Crippen LogP contribution in [0, 0.1) is 0 Å². The number of amides is 1. The molecule has 1 amide bonds. The van der Waals surface area contributed by atoms with Gasteiger partial charge in [-0.15, -0.1) is 0 Å². The molecule has 0 aliphatic heterocycles. The van der Waals surface area contributed by atoms with E-state index in [1.54, 1.807) is 36.4 Å². The fraction of sp³-hybridized carbons (Fsp3) is 0. The average Bonchev–Trinajstić information content (AvgIpc) is 2.32. The van der Waals surface area contributed by atoms with Gasteiger partial charge in [0, 0.05) is 16.3 Å². The molecule has 86 valence electrons. The molecule has 2 aromatic rings. The highest BCUT2D eigenvalue weighted by atomic mass is 35.5. The van der Waals surface area contributed by atoms with E-state index < -0.39 is 0 Å². The molecule has 0 unspecified atom stereocenters. The third-order valence-corrected chi connectivity index (χ3v) is 2.45. The van der Waals surface area contributed by atoms with E-state index in [0.717, 1.165) is 0 Å². The summed E-state index contributed by atoms with van der Waals surface area (Å²) in [4.78, 5) is 11.8. The van der Waals surface area contributed by atoms with Crippen LogP contribution in [0.3, 0.4) is 0 Å². The first-order chi connectivity index (χ1) is 8.15. The molecular formula is C13H10ClNO2. The van der Waals surface area contributed by atoms with Gasteiger partial charge in [-0.05, 0) is 42.5 Å². The van der Waals surface area contributed by atoms with Crippen molar-refractivity contribution in [3.63, 3.8) is 0 Å². The van der Waals surface area contributed by atoms with Crippen molar-refractivity contribution in [3.05, 3.63) is 59.1 Å². The van der Waals surface area contributed by atoms with E-state index in [2.05, 4.69) is 5.32 Å². The molecule has 3 nitrogen and oxygen atoms in total. The van der Waals surface area contributed by atoms with Gasteiger partial charge in [-0.3, -0.25) is 4.79 Å². The Labute approximate surface area is 104 Å². The second-order valence-corrected chi connectivity index (χ2v) is 3.95. The molecule has 17 heavy (non-hydrogen) atoms. The smallest absolute Gasteiger partial charge is 0.255 e. The van der Waals surface area contributed by atoms with E-state index in [4.69, 9.17) is 16.7 Å². The largest absolute Gasteiger partial charge is 0.508 e. The number of hydrogen-bond donors (Lipinski definition) is 2. The highest BCUT2D eigenvalue weighted by Gasteiger charge is 2.06. The fourth-order valence-electron chi connectivity index (χ4n) is 1.38. The van der Waals surface area contributed by atoms with Gasteiger partial charge in [0.25, 0.3) is 5.91 Å². The number of benzene rings is 2. The van der Waals surface area contributed by atoms with E-state index in [-0.39, 0.29) is 11.7 Å². The predicted molar refractivity (Wildman–Crippen MR) is 67.5 cm³/mol. The summed E-state index contributed by atoms with van der Waals surface area (Å²) in [6.07, 6.45) is 0. The summed E-state index contributed by atoms with van der Waals surface area (Å²) in [6.45, 7) is 0. The maximum absolute atomic E-state index is 11.8. The Morgan fingerprint density at radius 2 is 1.82 bits per heavy atom. The summed E-state index contributed by atoms with van der Waals surface area (Å²) >= 11 is 5.80. The number of hydrogen-bond acceptors (Lipinski definition) is 2. The Morgan fingerprint density at radius 1 is 1.12 bits per heavy atom. The van der Waals surface area contributed by atoms with Gasteiger partial charge in [0.05, 0.1) is 0 Å². The summed E-state index contributed by atoms with van der Waals surface area (Å²) in [6, 6.07) is 13.0. The quantitative estimate of drug-likeness (QED) is 0.800. The van der Waals surface area contributed by atoms with Crippen LogP contribution in [0.1, 0.15) is 10.4 Å². The lowest BCUT2D eigenvalue weighted by Crippen LogP contribution is -2.11. The molecule has 0 aliphatic carbocycles. The van der Waals surface area contributed by atoms with E-state index in [1.165, 1.54) is 12.1 Å². The van der Waals surface area contributed by atoms with Gasteiger partial charge in [-0.25, -0.2) is 0 Å². The first-order valence-electron chi connectivity index (χ1n) is 5.01. The summed E-state index contributed by atoms with van der Waals surface area (Å²) in [5, 5.41) is 12.3. The molecule has 0 saturated carbocycles. The van der Waals surface area contributed by atoms with Crippen LogP contribution in [-0.2, 0) is 0 Å². The van der Waals surface area contributed by atoms with Crippen LogP contribution in [0.4, 0.5) is 5.69 Å². The number of rotatable bonds is 2. The molecule has 0 atom stereocenters. The topological polar surface area (TPSA) is 49.3 Å². The van der Waals surface area contributed by atoms with Crippen molar-refractivity contribution in [2.24, 2.45) is 0 Å². The number of carbonyl (C=O) groups excluding carboxylic acids is 1. The van der Waals surface area contributed by atoms with E-state index >= 15 is 0 Å². The minimum absolute atomic E-state index is 0.158. The van der Waals surface area contributed by atoms with Crippen LogP contribution >= 0.6 is 11.6 Å². The van der Waals surface area contributed by atoms with Gasteiger partial charge in [-0.2, -0.15) is 0 Å². The standard InChI is InChI=1S/C13H10ClNO2/c14-10-3-1-2-9(8-10)13(17)15-11-4-6-12(16)7-5-11/h1-8,16H,(H,15,17). The second kappa shape index (κ2) is 4.89. The zero-order valence-electron chi connectivity index (χ0n) is 8.85. The number of aromatic hydroxyl groups is 1. The first-order valence-corrected chi connectivity index (χ1v) is 5.39. The number of nitrogens with one attached hydrogen (secondary N) is 1. The van der Waals surface area contributed by atoms with Gasteiger partial charge in [-0.1, -0.05) is 17.7 Å². The van der Waals surface area contributed by atoms with Crippen molar-refractivity contribution in [3.8, 4) is 5.75 Å². The number of phenolic OH excluding ortho intramolecular Hbond substituents is 1. The number of carbonyl (C=O) groups is 1. The fourth-order valence-corrected chi connectivity index (χ4v) is 1.57. The Hall–Kier alpha value is -2.00. The molecule has 0 fully saturated rings. The van der Waals surface area contributed by atoms with Crippen LogP contribution in [0.5, 0.6) is 5.75 Å². The van der Waals surface area contributed by atoms with E-state index in [0.29, 0.717) is 16.3 Å². The summed E-state index contributed by atoms with van der Waals surface area (Å²) in [5.41, 5.74) is 1.11. The Morgan fingerprint density at radius 3 is 2.47 bits per heavy atom. The zero-order valence-corrected chi connectivity index (χ0v) is 9.61. The summed E-state index contributed by atoms with van der Waals surface area (Å²) in [7, 11) is 0. The molecule has 2 N–H and O–H groups in total. The third-order valence-electron chi connectivity index (χ3n) is 2.21. The van der Waals surface area contributed by atoms with Gasteiger partial charge >= 0.3 is 0 Å². The van der Waals surface area contributed by atoms with Gasteiger partial charge in [0.15, 0.2) is 0 Å². The lowest BCUT2D eigenvalue weighted by atomic mass is 10.2. The molecule has 0 aliphatic rings. The van der Waals surface area contributed by atoms with Crippen molar-refractivity contribution >= 4 is 23.2 Å². The highest BCUT2D eigenvalue weighted by Crippen LogP contribution is 2.16. The molecule has 0 saturated heterocycles. The van der Waals surface area contributed by atoms with Crippen LogP contribution in [0.15, 0.2) is 48.5 Å². The van der Waals surface area contributed by atoms with Crippen molar-refractivity contribution in [2.45, 2.75) is 0 Å². The maximum atomic E-state index is 11.8. The van der Waals surface area contributed by atoms with Crippen molar-refractivity contribution in [1.29, 1.82) is 0 Å². The van der Waals surface area contributed by atoms with Gasteiger partial charge in [0.2, 0.25) is 0 Å². The van der Waals surface area contributed by atoms with Gasteiger partial charge in [0.1, 0.15) is 5.75 Å². The third kappa shape index (κ3) is 2.98. The van der Waals surface area contributed by atoms with Gasteiger partial charge < -0.3 is 10.4 Å². The Balaban J connectivity index is 2.14. The number of anilines is 1. The minimum Gasteiger partial charge on any atom is -0.508 e. The van der Waals surface area contributed by atoms with Crippen molar-refractivity contribution < 1.29 is 9.90 Å². The molecule has 4 heteroatoms. The van der Waals surface area contributed by atoms with Crippen molar-refractivity contribution in [2.75, 3.05) is 5.32 Å². The van der Waals surface area contributed by atoms with E-state index in [9.17, 15) is 4.79 Å². The molecule has 0 heterocycles. The minimum atomic E-state index is -0.238. The molecule has 0 bridgehead atoms. The highest BCUT2D eigenvalue weighted by molar-refractivity contribution is 6.31. The molecule has 0 aromatic heterocycles. The summed E-state index contributed by atoms with van der Waals surface area (Å²) in [5.74, 6) is -0.0797. The normalized spacial score (nSPS) is 9.94. The van der Waals surface area contributed by atoms with E-state index in [1.807, 2.05) is 0 Å². The Kier molecular flexibility index (Phi) is 3.30. The summed E-state index contributed by atoms with van der Waals surface area (Å²) < 4.78 is 0. The van der Waals surface area contributed by atoms with Crippen LogP contribution < -0.4 is 5.32 Å². The van der Waals surface area contributed by atoms with Crippen LogP contribution in [-0.4, -0.2) is 11.0 Å². The van der Waals surface area contributed by atoms with Crippen molar-refractivity contribution in [1.82, 2.24) is 0 Å². The predicted octanol–water partition coefficient (Wildman–Crippen LogP) is 3.30. The zero-order chi connectivity index (χ0) is 12.3. The number of phenols is 1. The maximum Gasteiger partial charge on any atom is 0.255 e. The monoisotopic (exact) mass is 247 g/mol. The number of halogens is 1. The first kappa shape index (κ1) is 11.5. The molecular weight excluding hydrogens is 238 g/mol. The lowest BCUT2D eigenvalue weighted by molar-refractivity contribution is 0.102. The molecule has 2 rings (SSSR count). The molecule has 0 spiro atoms. The lowest BCUT2D eigenvalue weighted by Gasteiger charge is -2.05.